The topological polar surface area (TPSA) is 95.2 Å². The van der Waals surface area contributed by atoms with Crippen molar-refractivity contribution in [1.82, 2.24) is 4.98 Å². The van der Waals surface area contributed by atoms with Crippen LogP contribution in [0.3, 0.4) is 0 Å². The van der Waals surface area contributed by atoms with Crippen molar-refractivity contribution in [3.63, 3.8) is 0 Å². The van der Waals surface area contributed by atoms with Crippen LogP contribution >= 0.6 is 0 Å². The van der Waals surface area contributed by atoms with Crippen molar-refractivity contribution < 1.29 is 9.59 Å². The lowest BCUT2D eigenvalue weighted by molar-refractivity contribution is -0.114. The number of anilines is 4. The molecule has 4 rings (SSSR count). The summed E-state index contributed by atoms with van der Waals surface area (Å²) < 4.78 is 0. The normalized spacial score (nSPS) is 10.2. The third kappa shape index (κ3) is 6.18. The van der Waals surface area contributed by atoms with Crippen LogP contribution in [0, 0.1) is 0 Å². The number of benzene rings is 3. The van der Waals surface area contributed by atoms with Crippen LogP contribution in [0.1, 0.15) is 0 Å². The van der Waals surface area contributed by atoms with Gasteiger partial charge in [0.2, 0.25) is 5.91 Å². The Labute approximate surface area is 191 Å². The van der Waals surface area contributed by atoms with Gasteiger partial charge >= 0.3 is 6.03 Å². The van der Waals surface area contributed by atoms with Gasteiger partial charge in [0.15, 0.2) is 0 Å². The number of aromatic nitrogens is 1. The number of pyridine rings is 1. The van der Waals surface area contributed by atoms with Crippen molar-refractivity contribution in [3.8, 4) is 11.1 Å². The monoisotopic (exact) mass is 437 g/mol. The number of rotatable bonds is 7. The Morgan fingerprint density at radius 3 is 1.97 bits per heavy atom. The van der Waals surface area contributed by atoms with E-state index in [4.69, 9.17) is 0 Å². The van der Waals surface area contributed by atoms with E-state index in [1.54, 1.807) is 48.8 Å². The van der Waals surface area contributed by atoms with E-state index in [0.717, 1.165) is 22.5 Å². The number of para-hydroxylation sites is 1. The summed E-state index contributed by atoms with van der Waals surface area (Å²) >= 11 is 0. The predicted octanol–water partition coefficient (Wildman–Crippen LogP) is 5.44. The summed E-state index contributed by atoms with van der Waals surface area (Å²) in [5.41, 5.74) is 4.81. The van der Waals surface area contributed by atoms with Gasteiger partial charge < -0.3 is 21.3 Å². The van der Waals surface area contributed by atoms with Gasteiger partial charge in [0.1, 0.15) is 0 Å². The molecule has 0 saturated carbocycles. The number of hydrogen-bond acceptors (Lipinski definition) is 4. The molecule has 0 aliphatic rings. The lowest BCUT2D eigenvalue weighted by Gasteiger charge is -2.12. The van der Waals surface area contributed by atoms with E-state index in [1.807, 2.05) is 54.6 Å². The molecule has 7 heteroatoms. The van der Waals surface area contributed by atoms with Gasteiger partial charge in [-0.2, -0.15) is 0 Å². The van der Waals surface area contributed by atoms with Crippen molar-refractivity contribution >= 4 is 34.7 Å². The summed E-state index contributed by atoms with van der Waals surface area (Å²) in [6.45, 7) is 0.110. The largest absolute Gasteiger partial charge is 0.376 e. The van der Waals surface area contributed by atoms with E-state index < -0.39 is 0 Å². The SMILES string of the molecule is O=C(CNc1ccc(NC(=O)Nc2ccncc2)cc1)Nc1ccccc1-c1ccccc1. The first-order valence-corrected chi connectivity index (χ1v) is 10.4. The maximum absolute atomic E-state index is 12.5. The number of nitrogens with zero attached hydrogens (tertiary/aromatic N) is 1. The fourth-order valence-corrected chi connectivity index (χ4v) is 3.24. The molecule has 4 aromatic rings. The van der Waals surface area contributed by atoms with Gasteiger partial charge in [-0.25, -0.2) is 4.79 Å². The maximum Gasteiger partial charge on any atom is 0.323 e. The number of amides is 3. The van der Waals surface area contributed by atoms with E-state index >= 15 is 0 Å². The highest BCUT2D eigenvalue weighted by Crippen LogP contribution is 2.27. The molecule has 0 radical (unpaired) electrons. The van der Waals surface area contributed by atoms with Crippen LogP contribution < -0.4 is 21.3 Å². The van der Waals surface area contributed by atoms with E-state index in [9.17, 15) is 9.59 Å². The summed E-state index contributed by atoms with van der Waals surface area (Å²) in [6, 6.07) is 27.8. The summed E-state index contributed by atoms with van der Waals surface area (Å²) in [4.78, 5) is 28.5. The average molecular weight is 438 g/mol. The van der Waals surface area contributed by atoms with Crippen molar-refractivity contribution in [1.29, 1.82) is 0 Å². The molecule has 164 valence electrons. The Kier molecular flexibility index (Phi) is 6.92. The fourth-order valence-electron chi connectivity index (χ4n) is 3.24. The van der Waals surface area contributed by atoms with Crippen molar-refractivity contribution in [2.75, 3.05) is 27.8 Å². The molecule has 0 aliphatic heterocycles. The number of nitrogens with one attached hydrogen (secondary N) is 4. The number of urea groups is 1. The number of carbonyl (C=O) groups excluding carboxylic acids is 2. The minimum absolute atomic E-state index is 0.110. The minimum Gasteiger partial charge on any atom is -0.376 e. The molecular weight excluding hydrogens is 414 g/mol. The molecule has 0 atom stereocenters. The Morgan fingerprint density at radius 1 is 0.636 bits per heavy atom. The Hall–Kier alpha value is -4.65. The first kappa shape index (κ1) is 21.6. The van der Waals surface area contributed by atoms with Gasteiger partial charge in [0.05, 0.1) is 6.54 Å². The van der Waals surface area contributed by atoms with Gasteiger partial charge in [-0.1, -0.05) is 48.5 Å². The Balaban J connectivity index is 1.29. The second-order valence-corrected chi connectivity index (χ2v) is 7.21. The van der Waals surface area contributed by atoms with Gasteiger partial charge in [0, 0.05) is 40.7 Å². The van der Waals surface area contributed by atoms with Crippen molar-refractivity contribution in [3.05, 3.63) is 103 Å². The lowest BCUT2D eigenvalue weighted by atomic mass is 10.0. The molecule has 0 aliphatic carbocycles. The molecule has 1 aromatic heterocycles. The van der Waals surface area contributed by atoms with Crippen LogP contribution in [0.15, 0.2) is 103 Å². The molecular formula is C26H23N5O2. The van der Waals surface area contributed by atoms with Crippen LogP contribution in [-0.4, -0.2) is 23.5 Å². The van der Waals surface area contributed by atoms with Crippen molar-refractivity contribution in [2.24, 2.45) is 0 Å². The Bertz CT molecular complexity index is 1210. The molecule has 3 amide bonds. The van der Waals surface area contributed by atoms with Crippen LogP contribution in [0.2, 0.25) is 0 Å². The molecule has 33 heavy (non-hydrogen) atoms. The average Bonchev–Trinajstić information content (AvgIpc) is 2.85. The second kappa shape index (κ2) is 10.6. The summed E-state index contributed by atoms with van der Waals surface area (Å²) in [6.07, 6.45) is 3.21. The third-order valence-electron chi connectivity index (χ3n) is 4.82. The molecule has 1 heterocycles. The zero-order chi connectivity index (χ0) is 22.9. The standard InChI is InChI=1S/C26H23N5O2/c32-25(31-24-9-5-4-8-23(24)19-6-2-1-3-7-19)18-28-20-10-12-21(13-11-20)29-26(33)30-22-14-16-27-17-15-22/h1-17,28H,18H2,(H,31,32)(H2,27,29,30,33). The van der Waals surface area contributed by atoms with Crippen molar-refractivity contribution in [2.45, 2.75) is 0 Å². The molecule has 0 fully saturated rings. The number of hydrogen-bond donors (Lipinski definition) is 4. The van der Waals surface area contributed by atoms with E-state index in [-0.39, 0.29) is 18.5 Å². The number of carbonyl (C=O) groups is 2. The summed E-state index contributed by atoms with van der Waals surface area (Å²) in [7, 11) is 0. The van der Waals surface area contributed by atoms with Gasteiger partial charge in [-0.05, 0) is 48.0 Å². The first-order valence-electron chi connectivity index (χ1n) is 10.4. The van der Waals surface area contributed by atoms with Crippen LogP contribution in [0.4, 0.5) is 27.5 Å². The van der Waals surface area contributed by atoms with Crippen LogP contribution in [-0.2, 0) is 4.79 Å². The molecule has 0 saturated heterocycles. The third-order valence-corrected chi connectivity index (χ3v) is 4.82. The van der Waals surface area contributed by atoms with E-state index in [2.05, 4.69) is 26.3 Å². The summed E-state index contributed by atoms with van der Waals surface area (Å²) in [5, 5.41) is 11.6. The Morgan fingerprint density at radius 2 is 1.24 bits per heavy atom. The summed E-state index contributed by atoms with van der Waals surface area (Å²) in [5.74, 6) is -0.155. The highest BCUT2D eigenvalue weighted by atomic mass is 16.2. The predicted molar refractivity (Wildman–Crippen MR) is 132 cm³/mol. The smallest absolute Gasteiger partial charge is 0.323 e. The fraction of sp³-hybridized carbons (Fsp3) is 0.0385. The van der Waals surface area contributed by atoms with Crippen LogP contribution in [0.5, 0.6) is 0 Å². The highest BCUT2D eigenvalue weighted by molar-refractivity contribution is 6.00. The quantitative estimate of drug-likeness (QED) is 0.309. The van der Waals surface area contributed by atoms with Gasteiger partial charge in [-0.3, -0.25) is 9.78 Å². The lowest BCUT2D eigenvalue weighted by Crippen LogP contribution is -2.22. The minimum atomic E-state index is -0.349. The molecule has 4 N–H and O–H groups in total. The van der Waals surface area contributed by atoms with E-state index in [1.165, 1.54) is 0 Å². The second-order valence-electron chi connectivity index (χ2n) is 7.21. The first-order chi connectivity index (χ1) is 16.2. The molecule has 0 unspecified atom stereocenters. The van der Waals surface area contributed by atoms with Crippen LogP contribution in [0.25, 0.3) is 11.1 Å². The molecule has 0 bridgehead atoms. The molecule has 7 nitrogen and oxygen atoms in total. The zero-order valence-corrected chi connectivity index (χ0v) is 17.8. The zero-order valence-electron chi connectivity index (χ0n) is 17.8. The van der Waals surface area contributed by atoms with Gasteiger partial charge in [-0.15, -0.1) is 0 Å². The molecule has 0 spiro atoms. The van der Waals surface area contributed by atoms with Gasteiger partial charge in [0.25, 0.3) is 0 Å². The molecule has 3 aromatic carbocycles. The highest BCUT2D eigenvalue weighted by Gasteiger charge is 2.08. The maximum atomic E-state index is 12.5. The van der Waals surface area contributed by atoms with E-state index in [0.29, 0.717) is 11.4 Å².